The average molecular weight is 238 g/mol. The number of anilines is 1. The fraction of sp³-hybridized carbons (Fsp3) is 0.250. The minimum atomic E-state index is -4.44. The normalized spacial score (nSPS) is 11.2. The van der Waals surface area contributed by atoms with E-state index in [-0.39, 0.29) is 5.69 Å². The molecule has 0 saturated heterocycles. The van der Waals surface area contributed by atoms with Gasteiger partial charge in [0.25, 0.3) is 0 Å². The number of nitrogens with zero attached hydrogens (tertiary/aromatic N) is 1. The Balaban J connectivity index is 2.83. The third-order valence-electron chi connectivity index (χ3n) is 1.64. The second kappa shape index (κ2) is 4.33. The molecule has 4 nitrogen and oxygen atoms in total. The van der Waals surface area contributed by atoms with Crippen molar-refractivity contribution in [3.63, 3.8) is 0 Å². The first kappa shape index (κ1) is 12.2. The Morgan fingerprint density at radius 1 is 1.38 bits per heavy atom. The lowest BCUT2D eigenvalue weighted by atomic mass is 10.2. The maximum Gasteiger partial charge on any atom is 0.405 e. The number of hydrogen-bond donors (Lipinski definition) is 1. The van der Waals surface area contributed by atoms with Gasteiger partial charge in [-0.1, -0.05) is 0 Å². The van der Waals surface area contributed by atoms with Crippen LogP contribution in [0.4, 0.5) is 28.9 Å². The van der Waals surface area contributed by atoms with E-state index in [1.54, 1.807) is 0 Å². The Bertz CT molecular complexity index is 406. The molecule has 16 heavy (non-hydrogen) atoms. The number of rotatable bonds is 3. The number of benzene rings is 1. The van der Waals surface area contributed by atoms with Gasteiger partial charge >= 0.3 is 11.9 Å². The lowest BCUT2D eigenvalue weighted by Crippen LogP contribution is -2.21. The van der Waals surface area contributed by atoms with E-state index in [2.05, 4.69) is 0 Å². The molecule has 1 rings (SSSR count). The van der Waals surface area contributed by atoms with Crippen molar-refractivity contribution >= 4 is 11.4 Å². The average Bonchev–Trinajstić information content (AvgIpc) is 2.14. The fourth-order valence-corrected chi connectivity index (χ4v) is 0.965. The Labute approximate surface area is 87.0 Å². The monoisotopic (exact) mass is 238 g/mol. The Kier molecular flexibility index (Phi) is 3.31. The summed E-state index contributed by atoms with van der Waals surface area (Å²) in [4.78, 5) is 9.28. The summed E-state index contributed by atoms with van der Waals surface area (Å²) >= 11 is 0. The van der Waals surface area contributed by atoms with Crippen LogP contribution in [0.5, 0.6) is 0 Å². The van der Waals surface area contributed by atoms with Crippen LogP contribution < -0.4 is 5.32 Å². The maximum atomic E-state index is 12.8. The largest absolute Gasteiger partial charge is 0.405 e. The summed E-state index contributed by atoms with van der Waals surface area (Å²) in [6, 6.07) is 2.44. The summed E-state index contributed by atoms with van der Waals surface area (Å²) < 4.78 is 48.2. The second-order valence-corrected chi connectivity index (χ2v) is 2.89. The third-order valence-corrected chi connectivity index (χ3v) is 1.64. The first-order valence-corrected chi connectivity index (χ1v) is 4.04. The minimum Gasteiger partial charge on any atom is -0.376 e. The van der Waals surface area contributed by atoms with Gasteiger partial charge in [0.2, 0.25) is 5.82 Å². The van der Waals surface area contributed by atoms with Crippen LogP contribution in [0.2, 0.25) is 0 Å². The predicted octanol–water partition coefficient (Wildman–Crippen LogP) is 2.71. The van der Waals surface area contributed by atoms with Gasteiger partial charge in [0.1, 0.15) is 6.54 Å². The van der Waals surface area contributed by atoms with Gasteiger partial charge in [0, 0.05) is 11.8 Å². The van der Waals surface area contributed by atoms with Gasteiger partial charge < -0.3 is 5.32 Å². The van der Waals surface area contributed by atoms with Crippen LogP contribution in [0, 0.1) is 15.9 Å². The van der Waals surface area contributed by atoms with Crippen molar-refractivity contribution in [1.82, 2.24) is 0 Å². The molecule has 1 aromatic rings. The predicted molar refractivity (Wildman–Crippen MR) is 47.6 cm³/mol. The van der Waals surface area contributed by atoms with E-state index in [1.165, 1.54) is 0 Å². The SMILES string of the molecule is O=[N+]([O-])c1cc(NCC(F)(F)F)ccc1F. The standard InChI is InChI=1S/C8H6F4N2O2/c9-6-2-1-5(3-7(6)14(15)16)13-4-8(10,11)12/h1-3,13H,4H2. The van der Waals surface area contributed by atoms with Crippen LogP contribution in [-0.4, -0.2) is 17.6 Å². The summed E-state index contributed by atoms with van der Waals surface area (Å²) in [6.07, 6.45) is -4.44. The lowest BCUT2D eigenvalue weighted by molar-refractivity contribution is -0.387. The first-order valence-electron chi connectivity index (χ1n) is 4.04. The van der Waals surface area contributed by atoms with E-state index in [0.29, 0.717) is 6.07 Å². The number of nitro benzene ring substituents is 1. The van der Waals surface area contributed by atoms with Gasteiger partial charge in [-0.25, -0.2) is 0 Å². The van der Waals surface area contributed by atoms with Gasteiger partial charge in [0.15, 0.2) is 0 Å². The Morgan fingerprint density at radius 2 is 2.00 bits per heavy atom. The summed E-state index contributed by atoms with van der Waals surface area (Å²) in [6.45, 7) is -1.34. The van der Waals surface area contributed by atoms with E-state index in [0.717, 1.165) is 12.1 Å². The second-order valence-electron chi connectivity index (χ2n) is 2.89. The van der Waals surface area contributed by atoms with Crippen LogP contribution in [0.3, 0.4) is 0 Å². The molecule has 0 amide bonds. The molecular formula is C8H6F4N2O2. The highest BCUT2D eigenvalue weighted by Gasteiger charge is 2.27. The van der Waals surface area contributed by atoms with Crippen LogP contribution in [0.15, 0.2) is 18.2 Å². The van der Waals surface area contributed by atoms with E-state index in [9.17, 15) is 27.7 Å². The molecule has 0 unspecified atom stereocenters. The molecular weight excluding hydrogens is 232 g/mol. The van der Waals surface area contributed by atoms with Crippen molar-refractivity contribution in [2.24, 2.45) is 0 Å². The molecule has 0 aliphatic heterocycles. The van der Waals surface area contributed by atoms with Crippen LogP contribution in [-0.2, 0) is 0 Å². The van der Waals surface area contributed by atoms with Gasteiger partial charge in [-0.2, -0.15) is 17.6 Å². The zero-order valence-corrected chi connectivity index (χ0v) is 7.71. The van der Waals surface area contributed by atoms with Crippen molar-refractivity contribution in [3.05, 3.63) is 34.1 Å². The molecule has 0 radical (unpaired) electrons. The molecule has 0 spiro atoms. The van der Waals surface area contributed by atoms with Crippen molar-refractivity contribution in [2.45, 2.75) is 6.18 Å². The molecule has 0 heterocycles. The van der Waals surface area contributed by atoms with E-state index in [1.807, 2.05) is 5.32 Å². The molecule has 1 N–H and O–H groups in total. The Hall–Kier alpha value is -1.86. The molecule has 0 atom stereocenters. The van der Waals surface area contributed by atoms with Crippen LogP contribution >= 0.6 is 0 Å². The highest BCUT2D eigenvalue weighted by atomic mass is 19.4. The Morgan fingerprint density at radius 3 is 2.50 bits per heavy atom. The number of nitrogens with one attached hydrogen (secondary N) is 1. The smallest absolute Gasteiger partial charge is 0.376 e. The van der Waals surface area contributed by atoms with Gasteiger partial charge in [-0.05, 0) is 12.1 Å². The summed E-state index contributed by atoms with van der Waals surface area (Å²) in [5.74, 6) is -1.09. The third kappa shape index (κ3) is 3.37. The first-order chi connectivity index (χ1) is 7.29. The highest BCUT2D eigenvalue weighted by Crippen LogP contribution is 2.23. The van der Waals surface area contributed by atoms with Crippen molar-refractivity contribution in [3.8, 4) is 0 Å². The molecule has 1 aromatic carbocycles. The maximum absolute atomic E-state index is 12.8. The minimum absolute atomic E-state index is 0.162. The van der Waals surface area contributed by atoms with E-state index < -0.39 is 29.1 Å². The molecule has 0 bridgehead atoms. The topological polar surface area (TPSA) is 55.2 Å². The molecule has 88 valence electrons. The van der Waals surface area contributed by atoms with Gasteiger partial charge in [-0.3, -0.25) is 10.1 Å². The zero-order valence-electron chi connectivity index (χ0n) is 7.71. The summed E-state index contributed by atoms with van der Waals surface area (Å²) in [7, 11) is 0. The highest BCUT2D eigenvalue weighted by molar-refractivity contribution is 5.51. The molecule has 8 heteroatoms. The molecule has 0 aliphatic rings. The molecule has 0 aromatic heterocycles. The van der Waals surface area contributed by atoms with Crippen molar-refractivity contribution < 1.29 is 22.5 Å². The number of halogens is 4. The van der Waals surface area contributed by atoms with Crippen LogP contribution in [0.1, 0.15) is 0 Å². The number of hydrogen-bond acceptors (Lipinski definition) is 3. The quantitative estimate of drug-likeness (QED) is 0.500. The lowest BCUT2D eigenvalue weighted by Gasteiger charge is -2.09. The van der Waals surface area contributed by atoms with E-state index in [4.69, 9.17) is 0 Å². The van der Waals surface area contributed by atoms with Crippen molar-refractivity contribution in [1.29, 1.82) is 0 Å². The van der Waals surface area contributed by atoms with E-state index >= 15 is 0 Å². The zero-order chi connectivity index (χ0) is 12.3. The molecule has 0 aliphatic carbocycles. The van der Waals surface area contributed by atoms with Crippen molar-refractivity contribution in [2.75, 3.05) is 11.9 Å². The van der Waals surface area contributed by atoms with Gasteiger partial charge in [0.05, 0.1) is 4.92 Å². The number of alkyl halides is 3. The number of nitro groups is 1. The summed E-state index contributed by atoms with van der Waals surface area (Å²) in [5, 5.41) is 12.2. The van der Waals surface area contributed by atoms with Crippen LogP contribution in [0.25, 0.3) is 0 Å². The fourth-order valence-electron chi connectivity index (χ4n) is 0.965. The summed E-state index contributed by atoms with van der Waals surface area (Å²) in [5.41, 5.74) is -1.03. The molecule has 0 saturated carbocycles. The van der Waals surface area contributed by atoms with Gasteiger partial charge in [-0.15, -0.1) is 0 Å². The molecule has 0 fully saturated rings.